The van der Waals surface area contributed by atoms with E-state index in [-0.39, 0.29) is 0 Å². The van der Waals surface area contributed by atoms with Crippen LogP contribution in [-0.4, -0.2) is 5.16 Å². The van der Waals surface area contributed by atoms with Crippen LogP contribution in [0.25, 0.3) is 11.1 Å². The lowest BCUT2D eigenvalue weighted by atomic mass is 9.92. The van der Waals surface area contributed by atoms with Crippen molar-refractivity contribution in [2.45, 2.75) is 44.9 Å². The Bertz CT molecular complexity index is 583. The molecule has 4 heteroatoms. The van der Waals surface area contributed by atoms with E-state index in [0.29, 0.717) is 11.8 Å². The minimum absolute atomic E-state index is 0.404. The number of aromatic nitrogens is 1. The number of benzene rings is 1. The van der Waals surface area contributed by atoms with Gasteiger partial charge in [-0.15, -0.1) is 0 Å². The minimum atomic E-state index is 0.404. The first-order valence-corrected chi connectivity index (χ1v) is 8.12. The summed E-state index contributed by atoms with van der Waals surface area (Å²) in [5, 5.41) is 4.93. The Morgan fingerprint density at radius 1 is 1.10 bits per heavy atom. The van der Waals surface area contributed by atoms with E-state index in [1.54, 1.807) is 0 Å². The highest BCUT2D eigenvalue weighted by Gasteiger charge is 2.20. The predicted molar refractivity (Wildman–Crippen MR) is 86.3 cm³/mol. The van der Waals surface area contributed by atoms with Crippen molar-refractivity contribution in [3.8, 4) is 11.1 Å². The van der Waals surface area contributed by atoms with Gasteiger partial charge in [-0.2, -0.15) is 0 Å². The van der Waals surface area contributed by atoms with Gasteiger partial charge in [0, 0.05) is 5.02 Å². The second-order valence-electron chi connectivity index (χ2n) is 5.94. The second kappa shape index (κ2) is 6.52. The summed E-state index contributed by atoms with van der Waals surface area (Å²) in [6, 6.07) is 7.70. The fourth-order valence-corrected chi connectivity index (χ4v) is 3.37. The summed E-state index contributed by atoms with van der Waals surface area (Å²) < 4.78 is 5.25. The molecule has 0 saturated heterocycles. The Kier molecular flexibility index (Phi) is 4.49. The Morgan fingerprint density at radius 2 is 1.76 bits per heavy atom. The SMILES string of the molecule is Nc1onc(CC2CCCCCC2)c1-c1ccc(Cl)cc1. The molecule has 1 saturated carbocycles. The summed E-state index contributed by atoms with van der Waals surface area (Å²) in [6.45, 7) is 0. The molecule has 2 N–H and O–H groups in total. The molecule has 112 valence electrons. The standard InChI is InChI=1S/C17H21ClN2O/c18-14-9-7-13(8-10-14)16-15(20-21-17(16)19)11-12-5-3-1-2-4-6-12/h7-10,12H,1-6,11,19H2. The van der Waals surface area contributed by atoms with Gasteiger partial charge in [0.15, 0.2) is 0 Å². The van der Waals surface area contributed by atoms with Crippen LogP contribution >= 0.6 is 11.6 Å². The quantitative estimate of drug-likeness (QED) is 0.803. The number of halogens is 1. The molecule has 1 aromatic heterocycles. The van der Waals surface area contributed by atoms with E-state index < -0.39 is 0 Å². The van der Waals surface area contributed by atoms with Crippen LogP contribution < -0.4 is 5.73 Å². The van der Waals surface area contributed by atoms with Crippen molar-refractivity contribution in [3.05, 3.63) is 35.0 Å². The van der Waals surface area contributed by atoms with Gasteiger partial charge in [0.25, 0.3) is 0 Å². The van der Waals surface area contributed by atoms with Crippen LogP contribution in [0, 0.1) is 5.92 Å². The maximum Gasteiger partial charge on any atom is 0.230 e. The largest absolute Gasteiger partial charge is 0.367 e. The van der Waals surface area contributed by atoms with Crippen LogP contribution in [0.5, 0.6) is 0 Å². The molecule has 0 bridgehead atoms. The van der Waals surface area contributed by atoms with Crippen molar-refractivity contribution in [2.24, 2.45) is 5.92 Å². The van der Waals surface area contributed by atoms with Gasteiger partial charge in [0.05, 0.1) is 11.3 Å². The lowest BCUT2D eigenvalue weighted by Crippen LogP contribution is -2.04. The highest BCUT2D eigenvalue weighted by Crippen LogP contribution is 2.34. The number of hydrogen-bond acceptors (Lipinski definition) is 3. The van der Waals surface area contributed by atoms with E-state index in [1.165, 1.54) is 38.5 Å². The Morgan fingerprint density at radius 3 is 2.43 bits per heavy atom. The molecule has 0 radical (unpaired) electrons. The molecule has 1 aliphatic carbocycles. The van der Waals surface area contributed by atoms with Crippen LogP contribution in [0.15, 0.2) is 28.8 Å². The number of nitrogen functional groups attached to an aromatic ring is 1. The molecule has 1 fully saturated rings. The fraction of sp³-hybridized carbons (Fsp3) is 0.471. The Balaban J connectivity index is 1.84. The van der Waals surface area contributed by atoms with Crippen molar-refractivity contribution >= 4 is 17.5 Å². The van der Waals surface area contributed by atoms with E-state index in [4.69, 9.17) is 21.9 Å². The first-order chi connectivity index (χ1) is 10.2. The number of nitrogens with two attached hydrogens (primary N) is 1. The zero-order chi connectivity index (χ0) is 14.7. The van der Waals surface area contributed by atoms with E-state index >= 15 is 0 Å². The van der Waals surface area contributed by atoms with Crippen molar-refractivity contribution in [1.82, 2.24) is 5.16 Å². The van der Waals surface area contributed by atoms with Gasteiger partial charge in [-0.1, -0.05) is 67.4 Å². The third-order valence-electron chi connectivity index (χ3n) is 4.38. The van der Waals surface area contributed by atoms with Gasteiger partial charge in [-0.3, -0.25) is 0 Å². The molecular formula is C17H21ClN2O. The van der Waals surface area contributed by atoms with Crippen molar-refractivity contribution in [3.63, 3.8) is 0 Å². The average molecular weight is 305 g/mol. The molecule has 0 aliphatic heterocycles. The normalized spacial score (nSPS) is 16.8. The number of anilines is 1. The van der Waals surface area contributed by atoms with Crippen LogP contribution in [-0.2, 0) is 6.42 Å². The summed E-state index contributed by atoms with van der Waals surface area (Å²) in [4.78, 5) is 0. The highest BCUT2D eigenvalue weighted by atomic mass is 35.5. The number of rotatable bonds is 3. The Labute approximate surface area is 130 Å². The molecule has 3 nitrogen and oxygen atoms in total. The molecule has 0 spiro atoms. The summed E-state index contributed by atoms with van der Waals surface area (Å²) in [7, 11) is 0. The minimum Gasteiger partial charge on any atom is -0.367 e. The third-order valence-corrected chi connectivity index (χ3v) is 4.63. The van der Waals surface area contributed by atoms with E-state index in [1.807, 2.05) is 24.3 Å². The van der Waals surface area contributed by atoms with Gasteiger partial charge < -0.3 is 10.3 Å². The van der Waals surface area contributed by atoms with Crippen LogP contribution in [0.4, 0.5) is 5.88 Å². The van der Waals surface area contributed by atoms with Crippen molar-refractivity contribution in [2.75, 3.05) is 5.73 Å². The summed E-state index contributed by atoms with van der Waals surface area (Å²) in [5.41, 5.74) is 8.94. The second-order valence-corrected chi connectivity index (χ2v) is 6.37. The van der Waals surface area contributed by atoms with Gasteiger partial charge in [-0.25, -0.2) is 0 Å². The number of hydrogen-bond donors (Lipinski definition) is 1. The molecule has 0 unspecified atom stereocenters. The van der Waals surface area contributed by atoms with Gasteiger partial charge in [-0.05, 0) is 30.0 Å². The van der Waals surface area contributed by atoms with E-state index in [0.717, 1.165) is 28.3 Å². The van der Waals surface area contributed by atoms with E-state index in [2.05, 4.69) is 5.16 Å². The molecule has 2 aromatic rings. The monoisotopic (exact) mass is 304 g/mol. The lowest BCUT2D eigenvalue weighted by molar-refractivity contribution is 0.403. The molecule has 3 rings (SSSR count). The first kappa shape index (κ1) is 14.5. The highest BCUT2D eigenvalue weighted by molar-refractivity contribution is 6.30. The molecular weight excluding hydrogens is 284 g/mol. The number of nitrogens with zero attached hydrogens (tertiary/aromatic N) is 1. The molecule has 0 amide bonds. The van der Waals surface area contributed by atoms with Gasteiger partial charge >= 0.3 is 0 Å². The lowest BCUT2D eigenvalue weighted by Gasteiger charge is -2.12. The maximum absolute atomic E-state index is 5.99. The van der Waals surface area contributed by atoms with Gasteiger partial charge in [0.1, 0.15) is 0 Å². The molecule has 1 heterocycles. The molecule has 1 aliphatic rings. The zero-order valence-corrected chi connectivity index (χ0v) is 12.9. The fourth-order valence-electron chi connectivity index (χ4n) is 3.24. The summed E-state index contributed by atoms with van der Waals surface area (Å²) in [6.07, 6.45) is 8.91. The maximum atomic E-state index is 5.99. The van der Waals surface area contributed by atoms with E-state index in [9.17, 15) is 0 Å². The van der Waals surface area contributed by atoms with Crippen molar-refractivity contribution < 1.29 is 4.52 Å². The van der Waals surface area contributed by atoms with Crippen LogP contribution in [0.3, 0.4) is 0 Å². The topological polar surface area (TPSA) is 52.0 Å². The molecule has 0 atom stereocenters. The van der Waals surface area contributed by atoms with Crippen LogP contribution in [0.2, 0.25) is 5.02 Å². The predicted octanol–water partition coefficient (Wildman–Crippen LogP) is 5.09. The summed E-state index contributed by atoms with van der Waals surface area (Å²) in [5.74, 6) is 1.10. The summed E-state index contributed by atoms with van der Waals surface area (Å²) >= 11 is 5.96. The van der Waals surface area contributed by atoms with Crippen molar-refractivity contribution in [1.29, 1.82) is 0 Å². The third kappa shape index (κ3) is 3.41. The first-order valence-electron chi connectivity index (χ1n) is 7.74. The Hall–Kier alpha value is -1.48. The molecule has 1 aromatic carbocycles. The smallest absolute Gasteiger partial charge is 0.230 e. The van der Waals surface area contributed by atoms with Crippen LogP contribution in [0.1, 0.15) is 44.2 Å². The average Bonchev–Trinajstić information content (AvgIpc) is 2.69. The van der Waals surface area contributed by atoms with Gasteiger partial charge in [0.2, 0.25) is 5.88 Å². The zero-order valence-electron chi connectivity index (χ0n) is 12.1. The molecule has 21 heavy (non-hydrogen) atoms.